The zero-order valence-electron chi connectivity index (χ0n) is 11.5. The van der Waals surface area contributed by atoms with Crippen LogP contribution in [-0.2, 0) is 16.1 Å². The number of ether oxygens (including phenoxy) is 1. The molecule has 1 aliphatic rings. The fraction of sp³-hybridized carbons (Fsp3) is 0.294. The van der Waals surface area contributed by atoms with Gasteiger partial charge in [-0.25, -0.2) is 0 Å². The molecule has 1 aliphatic heterocycles. The molecule has 0 aliphatic carbocycles. The summed E-state index contributed by atoms with van der Waals surface area (Å²) >= 11 is 0. The summed E-state index contributed by atoms with van der Waals surface area (Å²) < 4.78 is 6.00. The van der Waals surface area contributed by atoms with Gasteiger partial charge in [-0.1, -0.05) is 54.1 Å². The molecule has 19 heavy (non-hydrogen) atoms. The number of hydrogen-bond donors (Lipinski definition) is 1. The average Bonchev–Trinajstić information content (AvgIpc) is 2.59. The van der Waals surface area contributed by atoms with Gasteiger partial charge in [0.1, 0.15) is 0 Å². The molecule has 0 aromatic heterocycles. The Kier molecular flexibility index (Phi) is 2.56. The van der Waals surface area contributed by atoms with E-state index in [1.807, 2.05) is 69.3 Å². The van der Waals surface area contributed by atoms with Crippen molar-refractivity contribution < 1.29 is 9.84 Å². The van der Waals surface area contributed by atoms with Gasteiger partial charge in [0.25, 0.3) is 0 Å². The molecule has 0 saturated carbocycles. The van der Waals surface area contributed by atoms with Gasteiger partial charge < -0.3 is 9.84 Å². The first-order valence-corrected chi connectivity index (χ1v) is 6.53. The number of rotatable bonds is 1. The van der Waals surface area contributed by atoms with E-state index in [2.05, 4.69) is 0 Å². The SMILES string of the molecule is Cc1cccc(C2(O)OC(C)(C)c3ccccc32)c1. The second kappa shape index (κ2) is 3.92. The van der Waals surface area contributed by atoms with Crippen LogP contribution in [-0.4, -0.2) is 5.11 Å². The van der Waals surface area contributed by atoms with Crippen molar-refractivity contribution in [3.63, 3.8) is 0 Å². The summed E-state index contributed by atoms with van der Waals surface area (Å²) in [5, 5.41) is 11.1. The normalized spacial score (nSPS) is 24.2. The van der Waals surface area contributed by atoms with Crippen molar-refractivity contribution in [1.82, 2.24) is 0 Å². The van der Waals surface area contributed by atoms with Crippen LogP contribution in [0, 0.1) is 6.92 Å². The van der Waals surface area contributed by atoms with E-state index in [9.17, 15) is 5.11 Å². The molecule has 1 atom stereocenters. The summed E-state index contributed by atoms with van der Waals surface area (Å²) in [6.45, 7) is 5.98. The summed E-state index contributed by atoms with van der Waals surface area (Å²) in [5.74, 6) is -1.36. The van der Waals surface area contributed by atoms with Crippen molar-refractivity contribution in [1.29, 1.82) is 0 Å². The minimum absolute atomic E-state index is 0.491. The maximum atomic E-state index is 11.1. The lowest BCUT2D eigenvalue weighted by molar-refractivity contribution is -0.222. The van der Waals surface area contributed by atoms with Crippen molar-refractivity contribution in [2.45, 2.75) is 32.2 Å². The van der Waals surface area contributed by atoms with Gasteiger partial charge in [-0.15, -0.1) is 0 Å². The first-order valence-electron chi connectivity index (χ1n) is 6.53. The molecule has 0 fully saturated rings. The van der Waals surface area contributed by atoms with E-state index in [-0.39, 0.29) is 0 Å². The average molecular weight is 254 g/mol. The number of hydrogen-bond acceptors (Lipinski definition) is 2. The van der Waals surface area contributed by atoms with E-state index in [4.69, 9.17) is 4.74 Å². The van der Waals surface area contributed by atoms with Crippen LogP contribution in [0.1, 0.15) is 36.1 Å². The Labute approximate surface area is 113 Å². The molecule has 1 heterocycles. The van der Waals surface area contributed by atoms with Crippen LogP contribution in [0.2, 0.25) is 0 Å². The van der Waals surface area contributed by atoms with Crippen LogP contribution in [0.5, 0.6) is 0 Å². The highest BCUT2D eigenvalue weighted by atomic mass is 16.6. The molecule has 2 aromatic rings. The molecule has 0 amide bonds. The molecule has 2 aromatic carbocycles. The monoisotopic (exact) mass is 254 g/mol. The van der Waals surface area contributed by atoms with Crippen LogP contribution in [0.25, 0.3) is 0 Å². The van der Waals surface area contributed by atoms with Gasteiger partial charge in [-0.2, -0.15) is 0 Å². The lowest BCUT2D eigenvalue weighted by Crippen LogP contribution is -2.30. The third-order valence-corrected chi connectivity index (χ3v) is 3.75. The van der Waals surface area contributed by atoms with Crippen molar-refractivity contribution >= 4 is 0 Å². The summed E-state index contributed by atoms with van der Waals surface area (Å²) in [4.78, 5) is 0. The molecule has 98 valence electrons. The molecule has 2 nitrogen and oxygen atoms in total. The lowest BCUT2D eigenvalue weighted by Gasteiger charge is -2.28. The second-order valence-electron chi connectivity index (χ2n) is 5.67. The molecule has 0 saturated heterocycles. The van der Waals surface area contributed by atoms with E-state index < -0.39 is 11.4 Å². The Hall–Kier alpha value is -1.64. The predicted molar refractivity (Wildman–Crippen MR) is 74.7 cm³/mol. The Morgan fingerprint density at radius 1 is 0.947 bits per heavy atom. The highest BCUT2D eigenvalue weighted by Gasteiger charge is 2.48. The topological polar surface area (TPSA) is 29.5 Å². The summed E-state index contributed by atoms with van der Waals surface area (Å²) in [5.41, 5.74) is 3.28. The Balaban J connectivity index is 2.22. The van der Waals surface area contributed by atoms with Gasteiger partial charge >= 0.3 is 0 Å². The minimum Gasteiger partial charge on any atom is -0.358 e. The smallest absolute Gasteiger partial charge is 0.221 e. The van der Waals surface area contributed by atoms with E-state index in [0.717, 1.165) is 22.3 Å². The first-order chi connectivity index (χ1) is 8.93. The van der Waals surface area contributed by atoms with E-state index >= 15 is 0 Å². The van der Waals surface area contributed by atoms with Crippen molar-refractivity contribution in [2.24, 2.45) is 0 Å². The zero-order valence-corrected chi connectivity index (χ0v) is 11.5. The lowest BCUT2D eigenvalue weighted by atomic mass is 9.91. The fourth-order valence-corrected chi connectivity index (χ4v) is 2.85. The van der Waals surface area contributed by atoms with Gasteiger partial charge in [0.2, 0.25) is 5.79 Å². The molecule has 3 rings (SSSR count). The van der Waals surface area contributed by atoms with Crippen LogP contribution >= 0.6 is 0 Å². The number of fused-ring (bicyclic) bond motifs is 1. The summed E-state index contributed by atoms with van der Waals surface area (Å²) in [7, 11) is 0. The number of aliphatic hydroxyl groups is 1. The van der Waals surface area contributed by atoms with Crippen molar-refractivity contribution in [2.75, 3.05) is 0 Å². The fourth-order valence-electron chi connectivity index (χ4n) is 2.85. The highest BCUT2D eigenvalue weighted by Crippen LogP contribution is 2.48. The number of aryl methyl sites for hydroxylation is 1. The highest BCUT2D eigenvalue weighted by molar-refractivity contribution is 5.45. The molecular weight excluding hydrogens is 236 g/mol. The standard InChI is InChI=1S/C17H18O2/c1-12-7-6-8-13(11-12)17(18)15-10-5-4-9-14(15)16(2,3)19-17/h4-11,18H,1-3H3. The van der Waals surface area contributed by atoms with Crippen LogP contribution < -0.4 is 0 Å². The molecule has 0 radical (unpaired) electrons. The van der Waals surface area contributed by atoms with Gasteiger partial charge in [0, 0.05) is 11.1 Å². The minimum atomic E-state index is -1.36. The summed E-state index contributed by atoms with van der Waals surface area (Å²) in [6.07, 6.45) is 0. The molecular formula is C17H18O2. The maximum Gasteiger partial charge on any atom is 0.221 e. The van der Waals surface area contributed by atoms with Crippen molar-refractivity contribution in [3.8, 4) is 0 Å². The largest absolute Gasteiger partial charge is 0.358 e. The van der Waals surface area contributed by atoms with E-state index in [0.29, 0.717) is 0 Å². The second-order valence-corrected chi connectivity index (χ2v) is 5.67. The zero-order chi connectivity index (χ0) is 13.7. The maximum absolute atomic E-state index is 11.1. The summed E-state index contributed by atoms with van der Waals surface area (Å²) in [6, 6.07) is 15.7. The van der Waals surface area contributed by atoms with Crippen LogP contribution in [0.15, 0.2) is 48.5 Å². The first kappa shape index (κ1) is 12.4. The van der Waals surface area contributed by atoms with Crippen molar-refractivity contribution in [3.05, 3.63) is 70.8 Å². The molecule has 1 N–H and O–H groups in total. The quantitative estimate of drug-likeness (QED) is 0.844. The molecule has 2 heteroatoms. The third-order valence-electron chi connectivity index (χ3n) is 3.75. The molecule has 0 spiro atoms. The Morgan fingerprint density at radius 3 is 2.32 bits per heavy atom. The van der Waals surface area contributed by atoms with Crippen LogP contribution in [0.4, 0.5) is 0 Å². The van der Waals surface area contributed by atoms with Crippen LogP contribution in [0.3, 0.4) is 0 Å². The van der Waals surface area contributed by atoms with E-state index in [1.54, 1.807) is 0 Å². The predicted octanol–water partition coefficient (Wildman–Crippen LogP) is 3.45. The van der Waals surface area contributed by atoms with E-state index in [1.165, 1.54) is 0 Å². The molecule has 0 bridgehead atoms. The van der Waals surface area contributed by atoms with Gasteiger partial charge in [0.05, 0.1) is 5.60 Å². The van der Waals surface area contributed by atoms with Gasteiger partial charge in [-0.3, -0.25) is 0 Å². The number of benzene rings is 2. The Bertz CT molecular complexity index is 631. The van der Waals surface area contributed by atoms with Gasteiger partial charge in [0.15, 0.2) is 0 Å². The van der Waals surface area contributed by atoms with Gasteiger partial charge in [-0.05, 0) is 26.3 Å². The third kappa shape index (κ3) is 1.79. The molecule has 1 unspecified atom stereocenters. The Morgan fingerprint density at radius 2 is 1.63 bits per heavy atom.